The first-order valence-electron chi connectivity index (χ1n) is 8.81. The highest BCUT2D eigenvalue weighted by Gasteiger charge is 2.31. The Morgan fingerprint density at radius 1 is 0.935 bits per heavy atom. The number of fused-ring (bicyclic) bond motifs is 1. The molecule has 0 saturated heterocycles. The third-order valence-corrected chi connectivity index (χ3v) is 4.39. The molecule has 0 aliphatic rings. The molecular formula is C21H12F5N3O2. The molecule has 0 spiro atoms. The fourth-order valence-electron chi connectivity index (χ4n) is 3.05. The van der Waals surface area contributed by atoms with E-state index in [1.54, 1.807) is 24.3 Å². The number of carbonyl (C=O) groups is 1. The van der Waals surface area contributed by atoms with Crippen molar-refractivity contribution in [2.75, 3.05) is 5.32 Å². The van der Waals surface area contributed by atoms with Gasteiger partial charge in [0, 0.05) is 5.39 Å². The van der Waals surface area contributed by atoms with E-state index >= 15 is 0 Å². The topological polar surface area (TPSA) is 67.0 Å². The summed E-state index contributed by atoms with van der Waals surface area (Å²) >= 11 is 0. The summed E-state index contributed by atoms with van der Waals surface area (Å²) in [6.07, 6.45) is -4.81. The molecule has 158 valence electrons. The van der Waals surface area contributed by atoms with E-state index in [9.17, 15) is 26.7 Å². The first-order chi connectivity index (χ1) is 14.7. The second kappa shape index (κ2) is 7.71. The number of alkyl halides is 3. The average molecular weight is 433 g/mol. The number of aromatic nitrogens is 2. The third-order valence-electron chi connectivity index (χ3n) is 4.39. The van der Waals surface area contributed by atoms with Crippen molar-refractivity contribution in [1.29, 1.82) is 0 Å². The second-order valence-electron chi connectivity index (χ2n) is 6.46. The zero-order valence-corrected chi connectivity index (χ0v) is 15.4. The largest absolute Gasteiger partial charge is 0.573 e. The standard InChI is InChI=1S/C21H12F5N3O2/c22-15-5-2-6-16(23)18(15)20(30)27-19-14-8-7-12(10-17(14)28-29-19)11-3-1-4-13(9-11)31-21(24,25)26/h1-10H,(H2,27,28,29,30). The van der Waals surface area contributed by atoms with Gasteiger partial charge in [0.25, 0.3) is 5.91 Å². The molecule has 0 unspecified atom stereocenters. The molecule has 1 heterocycles. The van der Waals surface area contributed by atoms with Gasteiger partial charge in [-0.3, -0.25) is 9.89 Å². The highest BCUT2D eigenvalue weighted by molar-refractivity contribution is 6.08. The van der Waals surface area contributed by atoms with Crippen LogP contribution in [0.2, 0.25) is 0 Å². The minimum Gasteiger partial charge on any atom is -0.406 e. The Morgan fingerprint density at radius 3 is 2.32 bits per heavy atom. The Hall–Kier alpha value is -3.95. The Kier molecular flexibility index (Phi) is 5.05. The van der Waals surface area contributed by atoms with Gasteiger partial charge >= 0.3 is 6.36 Å². The summed E-state index contributed by atoms with van der Waals surface area (Å²) in [5, 5.41) is 9.41. The number of nitrogens with zero attached hydrogens (tertiary/aromatic N) is 1. The molecule has 4 aromatic rings. The van der Waals surface area contributed by atoms with Gasteiger partial charge in [0.05, 0.1) is 5.52 Å². The van der Waals surface area contributed by atoms with Crippen LogP contribution in [-0.4, -0.2) is 22.5 Å². The van der Waals surface area contributed by atoms with Crippen LogP contribution in [0.25, 0.3) is 22.0 Å². The molecule has 3 aromatic carbocycles. The number of benzene rings is 3. The smallest absolute Gasteiger partial charge is 0.406 e. The number of carbonyl (C=O) groups excluding carboxylic acids is 1. The van der Waals surface area contributed by atoms with Crippen LogP contribution in [0.1, 0.15) is 10.4 Å². The number of halogens is 5. The summed E-state index contributed by atoms with van der Waals surface area (Å²) in [6.45, 7) is 0. The van der Waals surface area contributed by atoms with E-state index in [1.165, 1.54) is 18.2 Å². The SMILES string of the molecule is O=C(Nc1n[nH]c2cc(-c3cccc(OC(F)(F)F)c3)ccc12)c1c(F)cccc1F. The maximum absolute atomic E-state index is 13.8. The molecule has 0 atom stereocenters. The summed E-state index contributed by atoms with van der Waals surface area (Å²) in [5.74, 6) is -3.36. The van der Waals surface area contributed by atoms with Gasteiger partial charge in [0.15, 0.2) is 5.82 Å². The Labute approximate surface area is 171 Å². The zero-order valence-electron chi connectivity index (χ0n) is 15.4. The van der Waals surface area contributed by atoms with E-state index in [-0.39, 0.29) is 11.6 Å². The van der Waals surface area contributed by atoms with Crippen molar-refractivity contribution in [3.8, 4) is 16.9 Å². The average Bonchev–Trinajstić information content (AvgIpc) is 3.09. The van der Waals surface area contributed by atoms with Crippen molar-refractivity contribution >= 4 is 22.6 Å². The minimum atomic E-state index is -4.81. The van der Waals surface area contributed by atoms with Gasteiger partial charge in [-0.25, -0.2) is 8.78 Å². The molecule has 0 saturated carbocycles. The fraction of sp³-hybridized carbons (Fsp3) is 0.0476. The second-order valence-corrected chi connectivity index (χ2v) is 6.46. The molecule has 4 rings (SSSR count). The van der Waals surface area contributed by atoms with E-state index < -0.39 is 29.5 Å². The first kappa shape index (κ1) is 20.3. The molecule has 0 bridgehead atoms. The van der Waals surface area contributed by atoms with Crippen molar-refractivity contribution in [3.63, 3.8) is 0 Å². The van der Waals surface area contributed by atoms with Crippen LogP contribution in [0, 0.1) is 11.6 Å². The first-order valence-corrected chi connectivity index (χ1v) is 8.81. The number of anilines is 1. The van der Waals surface area contributed by atoms with Crippen LogP contribution < -0.4 is 10.1 Å². The van der Waals surface area contributed by atoms with Gasteiger partial charge < -0.3 is 10.1 Å². The van der Waals surface area contributed by atoms with Crippen molar-refractivity contribution in [2.45, 2.75) is 6.36 Å². The Bertz CT molecular complexity index is 1260. The monoisotopic (exact) mass is 433 g/mol. The van der Waals surface area contributed by atoms with E-state index in [1.807, 2.05) is 0 Å². The summed E-state index contributed by atoms with van der Waals surface area (Å²) < 4.78 is 68.9. The maximum atomic E-state index is 13.8. The maximum Gasteiger partial charge on any atom is 0.573 e. The number of H-pyrrole nitrogens is 1. The summed E-state index contributed by atoms with van der Waals surface area (Å²) in [6, 6.07) is 13.3. The van der Waals surface area contributed by atoms with Crippen LogP contribution in [0.5, 0.6) is 5.75 Å². The molecule has 2 N–H and O–H groups in total. The van der Waals surface area contributed by atoms with Gasteiger partial charge in [-0.2, -0.15) is 5.10 Å². The van der Waals surface area contributed by atoms with Gasteiger partial charge in [-0.15, -0.1) is 13.2 Å². The number of ether oxygens (including phenoxy) is 1. The lowest BCUT2D eigenvalue weighted by molar-refractivity contribution is -0.274. The molecule has 5 nitrogen and oxygen atoms in total. The predicted octanol–water partition coefficient (Wildman–Crippen LogP) is 5.66. The lowest BCUT2D eigenvalue weighted by Crippen LogP contribution is -2.17. The summed E-state index contributed by atoms with van der Waals surface area (Å²) in [4.78, 5) is 12.3. The zero-order chi connectivity index (χ0) is 22.2. The lowest BCUT2D eigenvalue weighted by Gasteiger charge is -2.10. The summed E-state index contributed by atoms with van der Waals surface area (Å²) in [5.41, 5.74) is 0.722. The molecule has 0 aliphatic carbocycles. The van der Waals surface area contributed by atoms with E-state index in [0.717, 1.165) is 18.2 Å². The third kappa shape index (κ3) is 4.32. The lowest BCUT2D eigenvalue weighted by atomic mass is 10.0. The van der Waals surface area contributed by atoms with Gasteiger partial charge in [0.1, 0.15) is 22.9 Å². The highest BCUT2D eigenvalue weighted by Crippen LogP contribution is 2.31. The number of rotatable bonds is 4. The van der Waals surface area contributed by atoms with Crippen molar-refractivity contribution in [3.05, 3.63) is 77.9 Å². The number of aromatic amines is 1. The predicted molar refractivity (Wildman–Crippen MR) is 103 cm³/mol. The molecular weight excluding hydrogens is 421 g/mol. The van der Waals surface area contributed by atoms with Crippen LogP contribution in [0.15, 0.2) is 60.7 Å². The molecule has 1 amide bonds. The molecule has 0 aliphatic heterocycles. The van der Waals surface area contributed by atoms with E-state index in [4.69, 9.17) is 0 Å². The van der Waals surface area contributed by atoms with E-state index in [2.05, 4.69) is 20.3 Å². The molecule has 0 radical (unpaired) electrons. The van der Waals surface area contributed by atoms with Crippen LogP contribution in [0.3, 0.4) is 0 Å². The number of nitrogens with one attached hydrogen (secondary N) is 2. The molecule has 1 aromatic heterocycles. The molecule has 0 fully saturated rings. The molecule has 31 heavy (non-hydrogen) atoms. The van der Waals surface area contributed by atoms with Crippen molar-refractivity contribution < 1.29 is 31.5 Å². The minimum absolute atomic E-state index is 0.0448. The van der Waals surface area contributed by atoms with Gasteiger partial charge in [0.2, 0.25) is 0 Å². The quantitative estimate of drug-likeness (QED) is 0.408. The number of amides is 1. The van der Waals surface area contributed by atoms with Crippen LogP contribution in [0.4, 0.5) is 27.8 Å². The van der Waals surface area contributed by atoms with Crippen LogP contribution in [-0.2, 0) is 0 Å². The Morgan fingerprint density at radius 2 is 1.61 bits per heavy atom. The normalized spacial score (nSPS) is 11.5. The van der Waals surface area contributed by atoms with Gasteiger partial charge in [-0.1, -0.05) is 24.3 Å². The molecule has 10 heteroatoms. The fourth-order valence-corrected chi connectivity index (χ4v) is 3.05. The summed E-state index contributed by atoms with van der Waals surface area (Å²) in [7, 11) is 0. The van der Waals surface area contributed by atoms with E-state index in [0.29, 0.717) is 22.0 Å². The highest BCUT2D eigenvalue weighted by atomic mass is 19.4. The van der Waals surface area contributed by atoms with Gasteiger partial charge in [-0.05, 0) is 47.5 Å². The van der Waals surface area contributed by atoms with Crippen molar-refractivity contribution in [1.82, 2.24) is 10.2 Å². The number of hydrogen-bond donors (Lipinski definition) is 2. The van der Waals surface area contributed by atoms with Crippen LogP contribution >= 0.6 is 0 Å². The Balaban J connectivity index is 1.62. The number of hydrogen-bond acceptors (Lipinski definition) is 3. The van der Waals surface area contributed by atoms with Crippen molar-refractivity contribution in [2.24, 2.45) is 0 Å².